The van der Waals surface area contributed by atoms with E-state index >= 15 is 0 Å². The highest BCUT2D eigenvalue weighted by molar-refractivity contribution is 5.75. The molecule has 1 aliphatic carbocycles. The molecule has 1 aromatic carbocycles. The summed E-state index contributed by atoms with van der Waals surface area (Å²) in [4.78, 5) is 10.6. The van der Waals surface area contributed by atoms with Crippen molar-refractivity contribution in [3.8, 4) is 5.75 Å². The molecule has 3 N–H and O–H groups in total. The SMILES string of the molecule is NC(=O)COc1cccc(CNC2CC2)c1. The summed E-state index contributed by atoms with van der Waals surface area (Å²) < 4.78 is 5.23. The van der Waals surface area contributed by atoms with E-state index in [4.69, 9.17) is 10.5 Å². The van der Waals surface area contributed by atoms with Crippen LogP contribution in [0.15, 0.2) is 24.3 Å². The Morgan fingerprint density at radius 2 is 2.31 bits per heavy atom. The maximum absolute atomic E-state index is 10.6. The molecule has 16 heavy (non-hydrogen) atoms. The van der Waals surface area contributed by atoms with Crippen LogP contribution in [0.1, 0.15) is 18.4 Å². The molecule has 4 nitrogen and oxygen atoms in total. The summed E-state index contributed by atoms with van der Waals surface area (Å²) in [5.74, 6) is 0.232. The monoisotopic (exact) mass is 220 g/mol. The molecular weight excluding hydrogens is 204 g/mol. The van der Waals surface area contributed by atoms with Crippen molar-refractivity contribution in [3.05, 3.63) is 29.8 Å². The number of rotatable bonds is 6. The normalized spacial score (nSPS) is 14.8. The minimum atomic E-state index is -0.457. The fourth-order valence-electron chi connectivity index (χ4n) is 1.45. The summed E-state index contributed by atoms with van der Waals surface area (Å²) in [7, 11) is 0. The molecule has 0 atom stereocenters. The lowest BCUT2D eigenvalue weighted by atomic mass is 10.2. The predicted octanol–water partition coefficient (Wildman–Crippen LogP) is 0.803. The zero-order valence-corrected chi connectivity index (χ0v) is 9.11. The third kappa shape index (κ3) is 3.55. The van der Waals surface area contributed by atoms with Gasteiger partial charge < -0.3 is 15.8 Å². The van der Waals surface area contributed by atoms with Gasteiger partial charge in [0.1, 0.15) is 5.75 Å². The highest BCUT2D eigenvalue weighted by Crippen LogP contribution is 2.20. The fourth-order valence-corrected chi connectivity index (χ4v) is 1.45. The van der Waals surface area contributed by atoms with Crippen LogP contribution in [-0.4, -0.2) is 18.6 Å². The molecule has 0 aliphatic heterocycles. The van der Waals surface area contributed by atoms with E-state index in [0.717, 1.165) is 12.1 Å². The van der Waals surface area contributed by atoms with Crippen LogP contribution in [0, 0.1) is 0 Å². The first-order valence-electron chi connectivity index (χ1n) is 5.47. The van der Waals surface area contributed by atoms with Gasteiger partial charge in [0.25, 0.3) is 5.91 Å². The zero-order chi connectivity index (χ0) is 11.4. The molecular formula is C12H16N2O2. The molecule has 1 amide bonds. The van der Waals surface area contributed by atoms with Gasteiger partial charge in [0.2, 0.25) is 0 Å². The molecule has 0 saturated heterocycles. The first kappa shape index (κ1) is 11.0. The molecule has 1 aromatic rings. The Kier molecular flexibility index (Phi) is 3.41. The number of ether oxygens (including phenoxy) is 1. The van der Waals surface area contributed by atoms with Crippen LogP contribution < -0.4 is 15.8 Å². The summed E-state index contributed by atoms with van der Waals surface area (Å²) in [5, 5.41) is 3.42. The predicted molar refractivity (Wildman–Crippen MR) is 61.0 cm³/mol. The van der Waals surface area contributed by atoms with Gasteiger partial charge in [-0.2, -0.15) is 0 Å². The van der Waals surface area contributed by atoms with E-state index in [0.29, 0.717) is 11.8 Å². The fraction of sp³-hybridized carbons (Fsp3) is 0.417. The van der Waals surface area contributed by atoms with Crippen LogP contribution in [0.4, 0.5) is 0 Å². The average molecular weight is 220 g/mol. The highest BCUT2D eigenvalue weighted by Gasteiger charge is 2.19. The van der Waals surface area contributed by atoms with Gasteiger partial charge in [-0.15, -0.1) is 0 Å². The molecule has 1 saturated carbocycles. The number of nitrogens with one attached hydrogen (secondary N) is 1. The summed E-state index contributed by atoms with van der Waals surface area (Å²) in [6.45, 7) is 0.776. The molecule has 86 valence electrons. The molecule has 1 aliphatic rings. The average Bonchev–Trinajstić information content (AvgIpc) is 3.08. The van der Waals surface area contributed by atoms with Crippen LogP contribution in [0.3, 0.4) is 0 Å². The summed E-state index contributed by atoms with van der Waals surface area (Å²) >= 11 is 0. The van der Waals surface area contributed by atoms with Crippen LogP contribution in [0.2, 0.25) is 0 Å². The summed E-state index contributed by atoms with van der Waals surface area (Å²) in [6, 6.07) is 8.39. The van der Waals surface area contributed by atoms with Crippen LogP contribution >= 0.6 is 0 Å². The van der Waals surface area contributed by atoms with Crippen molar-refractivity contribution < 1.29 is 9.53 Å². The van der Waals surface area contributed by atoms with Gasteiger partial charge in [0.05, 0.1) is 0 Å². The Hall–Kier alpha value is -1.55. The molecule has 0 bridgehead atoms. The molecule has 2 rings (SSSR count). The van der Waals surface area contributed by atoms with E-state index in [1.54, 1.807) is 0 Å². The van der Waals surface area contributed by atoms with Crippen LogP contribution in [0.5, 0.6) is 5.75 Å². The number of benzene rings is 1. The number of amides is 1. The molecule has 0 aromatic heterocycles. The highest BCUT2D eigenvalue weighted by atomic mass is 16.5. The molecule has 0 heterocycles. The van der Waals surface area contributed by atoms with Gasteiger partial charge in [-0.1, -0.05) is 12.1 Å². The van der Waals surface area contributed by atoms with Gasteiger partial charge in [-0.05, 0) is 30.5 Å². The number of carbonyl (C=O) groups is 1. The minimum Gasteiger partial charge on any atom is -0.484 e. The van der Waals surface area contributed by atoms with E-state index in [-0.39, 0.29) is 6.61 Å². The zero-order valence-electron chi connectivity index (χ0n) is 9.11. The molecule has 4 heteroatoms. The Morgan fingerprint density at radius 3 is 3.00 bits per heavy atom. The van der Waals surface area contributed by atoms with Crippen molar-refractivity contribution in [2.75, 3.05) is 6.61 Å². The molecule has 0 radical (unpaired) electrons. The van der Waals surface area contributed by atoms with Gasteiger partial charge in [0.15, 0.2) is 6.61 Å². The lowest BCUT2D eigenvalue weighted by molar-refractivity contribution is -0.119. The van der Waals surface area contributed by atoms with Gasteiger partial charge in [-0.3, -0.25) is 4.79 Å². The topological polar surface area (TPSA) is 64.4 Å². The minimum absolute atomic E-state index is 0.0699. The Balaban J connectivity index is 1.87. The van der Waals surface area contributed by atoms with Crippen molar-refractivity contribution in [3.63, 3.8) is 0 Å². The van der Waals surface area contributed by atoms with E-state index in [2.05, 4.69) is 5.32 Å². The second-order valence-corrected chi connectivity index (χ2v) is 4.06. The lowest BCUT2D eigenvalue weighted by Gasteiger charge is -2.07. The first-order valence-corrected chi connectivity index (χ1v) is 5.47. The maximum Gasteiger partial charge on any atom is 0.255 e. The van der Waals surface area contributed by atoms with Gasteiger partial charge in [0, 0.05) is 12.6 Å². The van der Waals surface area contributed by atoms with Crippen LogP contribution in [-0.2, 0) is 11.3 Å². The standard InChI is InChI=1S/C12H16N2O2/c13-12(15)8-16-11-3-1-2-9(6-11)7-14-10-4-5-10/h1-3,6,10,14H,4-5,7-8H2,(H2,13,15). The van der Waals surface area contributed by atoms with Crippen molar-refractivity contribution >= 4 is 5.91 Å². The quantitative estimate of drug-likeness (QED) is 0.745. The second kappa shape index (κ2) is 4.99. The number of carbonyl (C=O) groups excluding carboxylic acids is 1. The van der Waals surface area contributed by atoms with Crippen molar-refractivity contribution in [2.24, 2.45) is 5.73 Å². The van der Waals surface area contributed by atoms with E-state index in [1.807, 2.05) is 24.3 Å². The molecule has 0 unspecified atom stereocenters. The lowest BCUT2D eigenvalue weighted by Crippen LogP contribution is -2.20. The maximum atomic E-state index is 10.6. The van der Waals surface area contributed by atoms with Crippen molar-refractivity contribution in [2.45, 2.75) is 25.4 Å². The van der Waals surface area contributed by atoms with Crippen molar-refractivity contribution in [1.29, 1.82) is 0 Å². The van der Waals surface area contributed by atoms with Crippen molar-refractivity contribution in [1.82, 2.24) is 5.32 Å². The van der Waals surface area contributed by atoms with E-state index in [1.165, 1.54) is 12.8 Å². The molecule has 0 spiro atoms. The Morgan fingerprint density at radius 1 is 1.50 bits per heavy atom. The van der Waals surface area contributed by atoms with E-state index in [9.17, 15) is 4.79 Å². The summed E-state index contributed by atoms with van der Waals surface area (Å²) in [5.41, 5.74) is 6.17. The number of hydrogen-bond donors (Lipinski definition) is 2. The Labute approximate surface area is 94.8 Å². The number of hydrogen-bond acceptors (Lipinski definition) is 3. The number of nitrogens with two attached hydrogens (primary N) is 1. The van der Waals surface area contributed by atoms with Crippen LogP contribution in [0.25, 0.3) is 0 Å². The number of primary amides is 1. The summed E-state index contributed by atoms with van der Waals surface area (Å²) in [6.07, 6.45) is 2.55. The van der Waals surface area contributed by atoms with E-state index < -0.39 is 5.91 Å². The third-order valence-electron chi connectivity index (χ3n) is 2.45. The first-order chi connectivity index (χ1) is 7.74. The van der Waals surface area contributed by atoms with Gasteiger partial charge in [-0.25, -0.2) is 0 Å². The largest absolute Gasteiger partial charge is 0.484 e. The Bertz CT molecular complexity index is 375. The molecule has 1 fully saturated rings. The van der Waals surface area contributed by atoms with Gasteiger partial charge >= 0.3 is 0 Å². The smallest absolute Gasteiger partial charge is 0.255 e. The second-order valence-electron chi connectivity index (χ2n) is 4.06. The third-order valence-corrected chi connectivity index (χ3v) is 2.45.